The molecule has 0 fully saturated rings. The van der Waals surface area contributed by atoms with Gasteiger partial charge in [0, 0.05) is 5.56 Å². The molecule has 0 heterocycles. The van der Waals surface area contributed by atoms with Crippen LogP contribution in [0, 0.1) is 0 Å². The lowest BCUT2D eigenvalue weighted by molar-refractivity contribution is 0.111. The summed E-state index contributed by atoms with van der Waals surface area (Å²) in [5.74, 6) is 0. The number of carbonyl (C=O) groups excluding carboxylic acids is 1. The molecule has 5 nitrogen and oxygen atoms in total. The van der Waals surface area contributed by atoms with E-state index in [1.807, 2.05) is 0 Å². The number of rotatable bonds is 4. The molecule has 0 atom stereocenters. The predicted octanol–water partition coefficient (Wildman–Crippen LogP) is 1.11. The summed E-state index contributed by atoms with van der Waals surface area (Å²) in [7, 11) is -4.48. The van der Waals surface area contributed by atoms with Crippen molar-refractivity contribution in [2.45, 2.75) is 6.61 Å². The molecule has 1 aromatic carbocycles. The highest BCUT2D eigenvalue weighted by atomic mass is 31.2. The van der Waals surface area contributed by atoms with Gasteiger partial charge in [-0.3, -0.25) is 9.32 Å². The first-order chi connectivity index (χ1) is 6.53. The number of aldehydes is 1. The molecular formula is C8H9O5P. The highest BCUT2D eigenvalue weighted by molar-refractivity contribution is 7.46. The maximum Gasteiger partial charge on any atom is 0.469 e. The number of hydrogen-bond donors (Lipinski definition) is 2. The van der Waals surface area contributed by atoms with Crippen LogP contribution < -0.4 is 0 Å². The van der Waals surface area contributed by atoms with E-state index in [9.17, 15) is 9.36 Å². The molecule has 1 rings (SSSR count). The molecular weight excluding hydrogens is 207 g/mol. The second kappa shape index (κ2) is 4.48. The molecule has 0 bridgehead atoms. The smallest absolute Gasteiger partial charge is 0.303 e. The summed E-state index contributed by atoms with van der Waals surface area (Å²) >= 11 is 0. The number of phosphoric acid groups is 1. The van der Waals surface area contributed by atoms with Crippen LogP contribution in [-0.4, -0.2) is 16.1 Å². The number of hydrogen-bond acceptors (Lipinski definition) is 3. The van der Waals surface area contributed by atoms with Crippen LogP contribution in [0.1, 0.15) is 15.9 Å². The third kappa shape index (κ3) is 3.40. The fraction of sp³-hybridized carbons (Fsp3) is 0.125. The molecule has 2 N–H and O–H groups in total. The topological polar surface area (TPSA) is 83.8 Å². The quantitative estimate of drug-likeness (QED) is 0.581. The lowest BCUT2D eigenvalue weighted by atomic mass is 10.1. The summed E-state index contributed by atoms with van der Waals surface area (Å²) in [5, 5.41) is 0. The molecule has 0 saturated carbocycles. The van der Waals surface area contributed by atoms with Crippen molar-refractivity contribution in [1.82, 2.24) is 0 Å². The molecule has 0 aliphatic rings. The van der Waals surface area contributed by atoms with Crippen molar-refractivity contribution in [3.05, 3.63) is 35.4 Å². The fourth-order valence-corrected chi connectivity index (χ4v) is 1.24. The van der Waals surface area contributed by atoms with Gasteiger partial charge < -0.3 is 9.79 Å². The van der Waals surface area contributed by atoms with Crippen molar-refractivity contribution in [3.63, 3.8) is 0 Å². The van der Waals surface area contributed by atoms with Gasteiger partial charge in [0.2, 0.25) is 0 Å². The van der Waals surface area contributed by atoms with E-state index in [4.69, 9.17) is 9.79 Å². The first kappa shape index (κ1) is 11.1. The van der Waals surface area contributed by atoms with Gasteiger partial charge >= 0.3 is 7.82 Å². The monoisotopic (exact) mass is 216 g/mol. The third-order valence-electron chi connectivity index (χ3n) is 1.57. The third-order valence-corrected chi connectivity index (χ3v) is 2.04. The zero-order valence-corrected chi connectivity index (χ0v) is 8.05. The largest absolute Gasteiger partial charge is 0.469 e. The van der Waals surface area contributed by atoms with Gasteiger partial charge in [-0.25, -0.2) is 4.57 Å². The van der Waals surface area contributed by atoms with E-state index in [0.29, 0.717) is 17.4 Å². The van der Waals surface area contributed by atoms with Crippen molar-refractivity contribution >= 4 is 14.1 Å². The molecule has 14 heavy (non-hydrogen) atoms. The minimum atomic E-state index is -4.48. The van der Waals surface area contributed by atoms with Crippen molar-refractivity contribution in [2.75, 3.05) is 0 Å². The molecule has 6 heteroatoms. The van der Waals surface area contributed by atoms with Crippen LogP contribution in [0.3, 0.4) is 0 Å². The van der Waals surface area contributed by atoms with Gasteiger partial charge in [0.15, 0.2) is 0 Å². The van der Waals surface area contributed by atoms with E-state index >= 15 is 0 Å². The van der Waals surface area contributed by atoms with Crippen molar-refractivity contribution in [2.24, 2.45) is 0 Å². The van der Waals surface area contributed by atoms with Gasteiger partial charge in [-0.05, 0) is 5.56 Å². The Hall–Kier alpha value is -1.00. The highest BCUT2D eigenvalue weighted by Crippen LogP contribution is 2.37. The molecule has 0 aliphatic carbocycles. The van der Waals surface area contributed by atoms with Crippen LogP contribution in [0.15, 0.2) is 24.3 Å². The van der Waals surface area contributed by atoms with Crippen LogP contribution in [0.25, 0.3) is 0 Å². The molecule has 0 radical (unpaired) electrons. The normalized spacial score (nSPS) is 11.3. The molecule has 0 spiro atoms. The Kier molecular flexibility index (Phi) is 3.55. The molecule has 0 aromatic heterocycles. The average Bonchev–Trinajstić information content (AvgIpc) is 2.14. The zero-order chi connectivity index (χ0) is 10.6. The summed E-state index contributed by atoms with van der Waals surface area (Å²) in [4.78, 5) is 27.4. The van der Waals surface area contributed by atoms with Gasteiger partial charge in [-0.1, -0.05) is 24.3 Å². The molecule has 1 aromatic rings. The Bertz CT molecular complexity index is 370. The van der Waals surface area contributed by atoms with Gasteiger partial charge in [0.25, 0.3) is 0 Å². The van der Waals surface area contributed by atoms with Crippen LogP contribution in [0.4, 0.5) is 0 Å². The maximum absolute atomic E-state index is 10.5. The first-order valence-corrected chi connectivity index (χ1v) is 5.29. The summed E-state index contributed by atoms with van der Waals surface area (Å²) in [6.07, 6.45) is 0.609. The van der Waals surface area contributed by atoms with Gasteiger partial charge in [-0.2, -0.15) is 0 Å². The van der Waals surface area contributed by atoms with Crippen molar-refractivity contribution < 1.29 is 23.7 Å². The Morgan fingerprint density at radius 2 is 2.00 bits per heavy atom. The van der Waals surface area contributed by atoms with Crippen molar-refractivity contribution in [3.8, 4) is 0 Å². The SMILES string of the molecule is O=Cc1ccccc1COP(=O)(O)O. The van der Waals surface area contributed by atoms with E-state index in [0.717, 1.165) is 0 Å². The second-order valence-electron chi connectivity index (χ2n) is 2.58. The lowest BCUT2D eigenvalue weighted by Crippen LogP contribution is -1.95. The van der Waals surface area contributed by atoms with Crippen LogP contribution in [0.2, 0.25) is 0 Å². The molecule has 0 amide bonds. The highest BCUT2D eigenvalue weighted by Gasteiger charge is 2.14. The van der Waals surface area contributed by atoms with Crippen LogP contribution in [0.5, 0.6) is 0 Å². The van der Waals surface area contributed by atoms with E-state index in [2.05, 4.69) is 4.52 Å². The summed E-state index contributed by atoms with van der Waals surface area (Å²) < 4.78 is 14.7. The predicted molar refractivity (Wildman–Crippen MR) is 48.7 cm³/mol. The molecule has 0 saturated heterocycles. The van der Waals surface area contributed by atoms with Gasteiger partial charge in [-0.15, -0.1) is 0 Å². The Labute approximate surface area is 80.6 Å². The van der Waals surface area contributed by atoms with Gasteiger partial charge in [0.05, 0.1) is 6.61 Å². The molecule has 76 valence electrons. The first-order valence-electron chi connectivity index (χ1n) is 3.76. The maximum atomic E-state index is 10.5. The number of benzene rings is 1. The van der Waals surface area contributed by atoms with Crippen molar-refractivity contribution in [1.29, 1.82) is 0 Å². The van der Waals surface area contributed by atoms with E-state index in [1.165, 1.54) is 0 Å². The average molecular weight is 216 g/mol. The minimum Gasteiger partial charge on any atom is -0.303 e. The van der Waals surface area contributed by atoms with E-state index in [-0.39, 0.29) is 6.61 Å². The molecule has 0 unspecified atom stereocenters. The number of phosphoric ester groups is 1. The number of carbonyl (C=O) groups is 1. The second-order valence-corrected chi connectivity index (χ2v) is 3.82. The van der Waals surface area contributed by atoms with Crippen LogP contribution >= 0.6 is 7.82 Å². The Morgan fingerprint density at radius 1 is 1.36 bits per heavy atom. The van der Waals surface area contributed by atoms with E-state index < -0.39 is 7.82 Å². The van der Waals surface area contributed by atoms with Gasteiger partial charge in [0.1, 0.15) is 6.29 Å². The zero-order valence-electron chi connectivity index (χ0n) is 7.16. The minimum absolute atomic E-state index is 0.279. The Balaban J connectivity index is 2.76. The summed E-state index contributed by atoms with van der Waals surface area (Å²) in [6.45, 7) is -0.279. The standard InChI is InChI=1S/C8H9O5P/c9-5-7-3-1-2-4-8(7)6-13-14(10,11)12/h1-5H,6H2,(H2,10,11,12). The fourth-order valence-electron chi connectivity index (χ4n) is 0.934. The lowest BCUT2D eigenvalue weighted by Gasteiger charge is -2.06. The summed E-state index contributed by atoms with van der Waals surface area (Å²) in [6, 6.07) is 6.43. The Morgan fingerprint density at radius 3 is 2.57 bits per heavy atom. The molecule has 0 aliphatic heterocycles. The van der Waals surface area contributed by atoms with Crippen LogP contribution in [-0.2, 0) is 15.7 Å². The summed E-state index contributed by atoms with van der Waals surface area (Å²) in [5.41, 5.74) is 0.812. The van der Waals surface area contributed by atoms with E-state index in [1.54, 1.807) is 24.3 Å².